The van der Waals surface area contributed by atoms with Crippen molar-refractivity contribution in [3.63, 3.8) is 0 Å². The van der Waals surface area contributed by atoms with Crippen LogP contribution in [-0.2, 0) is 21.5 Å². The molecule has 2 aromatic rings. The largest absolute Gasteiger partial charge is 0.342 e. The molecule has 0 radical (unpaired) electrons. The molecule has 2 saturated heterocycles. The Morgan fingerprint density at radius 2 is 1.65 bits per heavy atom. The van der Waals surface area contributed by atoms with Crippen LogP contribution in [0.15, 0.2) is 54.6 Å². The van der Waals surface area contributed by atoms with Crippen molar-refractivity contribution in [3.8, 4) is 0 Å². The van der Waals surface area contributed by atoms with Crippen molar-refractivity contribution in [1.82, 2.24) is 15.1 Å². The minimum atomic E-state index is -0.956. The van der Waals surface area contributed by atoms with Gasteiger partial charge in [0.1, 0.15) is 11.4 Å². The van der Waals surface area contributed by atoms with Gasteiger partial charge in [-0.25, -0.2) is 9.18 Å². The molecule has 0 unspecified atom stereocenters. The van der Waals surface area contributed by atoms with Gasteiger partial charge in [-0.1, -0.05) is 42.5 Å². The summed E-state index contributed by atoms with van der Waals surface area (Å²) in [6.07, 6.45) is 0.738. The van der Waals surface area contributed by atoms with Crippen LogP contribution in [0.3, 0.4) is 0 Å². The number of amides is 4. The van der Waals surface area contributed by atoms with Crippen molar-refractivity contribution < 1.29 is 18.8 Å². The highest BCUT2D eigenvalue weighted by molar-refractivity contribution is 6.07. The lowest BCUT2D eigenvalue weighted by Gasteiger charge is -2.40. The van der Waals surface area contributed by atoms with E-state index in [2.05, 4.69) is 5.32 Å². The normalized spacial score (nSPS) is 18.4. The summed E-state index contributed by atoms with van der Waals surface area (Å²) in [4.78, 5) is 41.9. The summed E-state index contributed by atoms with van der Waals surface area (Å²) in [6.45, 7) is 4.60. The lowest BCUT2D eigenvalue weighted by molar-refractivity contribution is -0.141. The van der Waals surface area contributed by atoms with Gasteiger partial charge in [-0.15, -0.1) is 0 Å². The summed E-state index contributed by atoms with van der Waals surface area (Å²) in [7, 11) is 0. The SMILES string of the molecule is CC(C)(C(=O)N1CCC2(CC1)NC(=O)N(Cc1ccccc1)C2=O)c1ccc(F)cc1. The Kier molecular flexibility index (Phi) is 5.29. The summed E-state index contributed by atoms with van der Waals surface area (Å²) in [5, 5.41) is 2.88. The first-order valence-corrected chi connectivity index (χ1v) is 10.5. The number of carbonyl (C=O) groups is 3. The number of likely N-dealkylation sites (tertiary alicyclic amines) is 1. The molecule has 0 bridgehead atoms. The molecule has 0 aliphatic carbocycles. The van der Waals surface area contributed by atoms with Crippen molar-refractivity contribution in [2.75, 3.05) is 13.1 Å². The van der Waals surface area contributed by atoms with E-state index in [0.29, 0.717) is 25.9 Å². The van der Waals surface area contributed by atoms with Gasteiger partial charge in [-0.2, -0.15) is 0 Å². The standard InChI is InChI=1S/C24H26FN3O3/c1-23(2,18-8-10-19(25)11-9-18)20(29)27-14-12-24(13-15-27)21(30)28(22(31)26-24)16-17-6-4-3-5-7-17/h3-11H,12-16H2,1-2H3,(H,26,31). The fourth-order valence-corrected chi connectivity index (χ4v) is 4.40. The summed E-state index contributed by atoms with van der Waals surface area (Å²) in [6, 6.07) is 15.0. The minimum absolute atomic E-state index is 0.0770. The highest BCUT2D eigenvalue weighted by Gasteiger charge is 2.53. The molecule has 2 aromatic carbocycles. The second kappa shape index (κ2) is 7.80. The monoisotopic (exact) mass is 423 g/mol. The summed E-state index contributed by atoms with van der Waals surface area (Å²) >= 11 is 0. The third kappa shape index (κ3) is 3.80. The zero-order chi connectivity index (χ0) is 22.2. The number of hydrogen-bond acceptors (Lipinski definition) is 3. The first kappa shape index (κ1) is 21.0. The molecule has 4 amide bonds. The number of rotatable bonds is 4. The fraction of sp³-hybridized carbons (Fsp3) is 0.375. The molecular weight excluding hydrogens is 397 g/mol. The number of nitrogens with zero attached hydrogens (tertiary/aromatic N) is 2. The first-order chi connectivity index (χ1) is 14.7. The molecule has 31 heavy (non-hydrogen) atoms. The van der Waals surface area contributed by atoms with Crippen LogP contribution in [0.1, 0.15) is 37.8 Å². The molecular formula is C24H26FN3O3. The van der Waals surface area contributed by atoms with Gasteiger partial charge in [0.25, 0.3) is 5.91 Å². The van der Waals surface area contributed by atoms with E-state index in [9.17, 15) is 18.8 Å². The van der Waals surface area contributed by atoms with E-state index >= 15 is 0 Å². The van der Waals surface area contributed by atoms with Gasteiger partial charge in [0.2, 0.25) is 5.91 Å². The summed E-state index contributed by atoms with van der Waals surface area (Å²) in [5.74, 6) is -0.652. The van der Waals surface area contributed by atoms with Crippen molar-refractivity contribution in [2.24, 2.45) is 0 Å². The van der Waals surface area contributed by atoms with E-state index < -0.39 is 11.0 Å². The maximum Gasteiger partial charge on any atom is 0.325 e. The van der Waals surface area contributed by atoms with Crippen LogP contribution in [-0.4, -0.2) is 46.3 Å². The predicted molar refractivity (Wildman–Crippen MR) is 113 cm³/mol. The van der Waals surface area contributed by atoms with E-state index in [1.54, 1.807) is 17.0 Å². The molecule has 2 aliphatic heterocycles. The number of urea groups is 1. The first-order valence-electron chi connectivity index (χ1n) is 10.5. The number of piperidine rings is 1. The quantitative estimate of drug-likeness (QED) is 0.768. The molecule has 1 spiro atoms. The Balaban J connectivity index is 1.44. The van der Waals surface area contributed by atoms with Crippen LogP contribution in [0.2, 0.25) is 0 Å². The molecule has 2 heterocycles. The molecule has 6 nitrogen and oxygen atoms in total. The maximum atomic E-state index is 13.3. The highest BCUT2D eigenvalue weighted by atomic mass is 19.1. The van der Waals surface area contributed by atoms with Gasteiger partial charge in [0, 0.05) is 13.1 Å². The zero-order valence-corrected chi connectivity index (χ0v) is 17.7. The second-order valence-corrected chi connectivity index (χ2v) is 8.81. The third-order valence-corrected chi connectivity index (χ3v) is 6.43. The zero-order valence-electron chi connectivity index (χ0n) is 17.7. The van der Waals surface area contributed by atoms with Gasteiger partial charge >= 0.3 is 6.03 Å². The van der Waals surface area contributed by atoms with Crippen LogP contribution in [0.4, 0.5) is 9.18 Å². The van der Waals surface area contributed by atoms with Gasteiger partial charge in [-0.3, -0.25) is 14.5 Å². The second-order valence-electron chi connectivity index (χ2n) is 8.81. The van der Waals surface area contributed by atoms with Crippen LogP contribution in [0.5, 0.6) is 0 Å². The van der Waals surface area contributed by atoms with Crippen molar-refractivity contribution in [1.29, 1.82) is 0 Å². The van der Waals surface area contributed by atoms with Crippen LogP contribution in [0.25, 0.3) is 0 Å². The highest BCUT2D eigenvalue weighted by Crippen LogP contribution is 2.33. The lowest BCUT2D eigenvalue weighted by Crippen LogP contribution is -2.57. The molecule has 162 valence electrons. The number of nitrogens with one attached hydrogen (secondary N) is 1. The molecule has 4 rings (SSSR count). The van der Waals surface area contributed by atoms with E-state index in [4.69, 9.17) is 0 Å². The average Bonchev–Trinajstić information content (AvgIpc) is 2.99. The Bertz CT molecular complexity index is 996. The van der Waals surface area contributed by atoms with E-state index in [1.807, 2.05) is 44.2 Å². The Labute approximate surface area is 181 Å². The Morgan fingerprint density at radius 3 is 2.26 bits per heavy atom. The maximum absolute atomic E-state index is 13.3. The molecule has 0 aromatic heterocycles. The third-order valence-electron chi connectivity index (χ3n) is 6.43. The molecule has 1 N–H and O–H groups in total. The predicted octanol–water partition coefficient (Wildman–Crippen LogP) is 3.22. The van der Waals surface area contributed by atoms with Gasteiger partial charge < -0.3 is 10.2 Å². The van der Waals surface area contributed by atoms with Gasteiger partial charge in [-0.05, 0) is 49.9 Å². The van der Waals surface area contributed by atoms with Crippen molar-refractivity contribution >= 4 is 17.8 Å². The van der Waals surface area contributed by atoms with Gasteiger partial charge in [0.05, 0.1) is 12.0 Å². The number of hydrogen-bond donors (Lipinski definition) is 1. The molecule has 0 saturated carbocycles. The molecule has 0 atom stereocenters. The number of halogens is 1. The number of carbonyl (C=O) groups excluding carboxylic acids is 3. The van der Waals surface area contributed by atoms with E-state index in [0.717, 1.165) is 11.1 Å². The van der Waals surface area contributed by atoms with Crippen LogP contribution < -0.4 is 5.32 Å². The topological polar surface area (TPSA) is 69.7 Å². The van der Waals surface area contributed by atoms with Crippen molar-refractivity contribution in [3.05, 3.63) is 71.5 Å². The average molecular weight is 423 g/mol. The molecule has 2 aliphatic rings. The Hall–Kier alpha value is -3.22. The smallest absolute Gasteiger partial charge is 0.325 e. The van der Waals surface area contributed by atoms with Crippen LogP contribution >= 0.6 is 0 Å². The lowest BCUT2D eigenvalue weighted by atomic mass is 9.81. The Morgan fingerprint density at radius 1 is 1.03 bits per heavy atom. The van der Waals surface area contributed by atoms with Crippen molar-refractivity contribution in [2.45, 2.75) is 44.2 Å². The van der Waals surface area contributed by atoms with Crippen LogP contribution in [0, 0.1) is 5.82 Å². The van der Waals surface area contributed by atoms with E-state index in [-0.39, 0.29) is 30.2 Å². The summed E-state index contributed by atoms with van der Waals surface area (Å²) in [5.41, 5.74) is -0.154. The fourth-order valence-electron chi connectivity index (χ4n) is 4.40. The molecule has 7 heteroatoms. The molecule has 2 fully saturated rings. The summed E-state index contributed by atoms with van der Waals surface area (Å²) < 4.78 is 13.3. The van der Waals surface area contributed by atoms with E-state index in [1.165, 1.54) is 17.0 Å². The number of imide groups is 1. The minimum Gasteiger partial charge on any atom is -0.342 e. The number of benzene rings is 2. The van der Waals surface area contributed by atoms with Gasteiger partial charge in [0.15, 0.2) is 0 Å².